The number of imidazole rings is 1. The number of nitrogens with zero attached hydrogens (tertiary/aromatic N) is 4. The van der Waals surface area contributed by atoms with Crippen LogP contribution in [0.25, 0.3) is 17.0 Å². The Kier molecular flexibility index (Phi) is 6.33. The number of rotatable bonds is 5. The average Bonchev–Trinajstić information content (AvgIpc) is 3.64. The normalized spacial score (nSPS) is 26.1. The first-order valence-corrected chi connectivity index (χ1v) is 13.3. The molecule has 2 atom stereocenters. The Morgan fingerprint density at radius 2 is 1.94 bits per heavy atom. The minimum atomic E-state index is 0.207. The fourth-order valence-corrected chi connectivity index (χ4v) is 5.23. The molecule has 1 N–H and O–H groups in total. The van der Waals surface area contributed by atoms with Crippen molar-refractivity contribution in [2.75, 3.05) is 13.2 Å². The lowest BCUT2D eigenvalue weighted by Crippen LogP contribution is -2.30. The number of halogens is 1. The van der Waals surface area contributed by atoms with Crippen LogP contribution in [-0.4, -0.2) is 45.1 Å². The highest BCUT2D eigenvalue weighted by atomic mass is 35.5. The van der Waals surface area contributed by atoms with Crippen LogP contribution in [0, 0.1) is 5.92 Å². The topological polar surface area (TPSA) is 65.9 Å². The number of allylic oxidation sites excluding steroid dienone is 3. The van der Waals surface area contributed by atoms with Gasteiger partial charge in [-0.05, 0) is 55.6 Å². The number of hydrazone groups is 1. The van der Waals surface area contributed by atoms with Crippen molar-refractivity contribution in [1.29, 1.82) is 0 Å². The van der Waals surface area contributed by atoms with Crippen LogP contribution in [-0.2, 0) is 4.74 Å². The maximum Gasteiger partial charge on any atom is 0.133 e. The quantitative estimate of drug-likeness (QED) is 0.522. The van der Waals surface area contributed by atoms with Gasteiger partial charge in [-0.3, -0.25) is 4.99 Å². The summed E-state index contributed by atoms with van der Waals surface area (Å²) in [6.07, 6.45) is 14.2. The summed E-state index contributed by atoms with van der Waals surface area (Å²) in [5, 5.41) is 7.32. The lowest BCUT2D eigenvalue weighted by Gasteiger charge is -2.30. The average molecular weight is 490 g/mol. The second-order valence-corrected chi connectivity index (χ2v) is 10.6. The lowest BCUT2D eigenvalue weighted by molar-refractivity contribution is 0.0225. The fraction of sp³-hybridized carbons (Fsp3) is 0.464. The molecule has 3 aliphatic heterocycles. The van der Waals surface area contributed by atoms with Crippen molar-refractivity contribution in [1.82, 2.24) is 15.0 Å². The third-order valence-electron chi connectivity index (χ3n) is 7.21. The maximum atomic E-state index is 6.56. The molecule has 1 aromatic heterocycles. The summed E-state index contributed by atoms with van der Waals surface area (Å²) in [5.41, 5.74) is 6.42. The van der Waals surface area contributed by atoms with E-state index in [9.17, 15) is 0 Å². The maximum absolute atomic E-state index is 6.56. The Hall–Kier alpha value is -2.70. The molecule has 35 heavy (non-hydrogen) atoms. The summed E-state index contributed by atoms with van der Waals surface area (Å²) in [6, 6.07) is 8.65. The molecule has 6 rings (SSSR count). The number of nitrogens with one attached hydrogen (secondary N) is 1. The Bertz CT molecular complexity index is 1200. The van der Waals surface area contributed by atoms with Crippen LogP contribution in [0.15, 0.2) is 58.4 Å². The third-order valence-corrected chi connectivity index (χ3v) is 7.42. The second-order valence-electron chi connectivity index (χ2n) is 10.1. The second kappa shape index (κ2) is 9.75. The minimum absolute atomic E-state index is 0.207. The monoisotopic (exact) mass is 489 g/mol. The van der Waals surface area contributed by atoms with Crippen molar-refractivity contribution in [2.24, 2.45) is 16.0 Å². The summed E-state index contributed by atoms with van der Waals surface area (Å²) in [6.45, 7) is 3.76. The van der Waals surface area contributed by atoms with Gasteiger partial charge in [0.1, 0.15) is 11.0 Å². The van der Waals surface area contributed by atoms with E-state index in [-0.39, 0.29) is 6.10 Å². The first-order valence-electron chi connectivity index (χ1n) is 12.9. The standard InChI is InChI=1S/C28H32ClN5O/c1-18-5-12-25-23(30-16-22-4-2-3-13-35-22)15-27(29)33-34(25)26(14-18)20-8-6-19(7-9-20)24-17-31-28(32-24)21-10-11-21/h6-9,12,14,17-18,21-22H,2-5,10-11,13,15-16H2,1H3,(H,31,32). The SMILES string of the molecule is CC1C=C(c2ccc(-c3cnc(C4CC4)[nH]3)cc2)N2N=C(Cl)CC(=NCC3CCCCO3)C2=CC1. The van der Waals surface area contributed by atoms with E-state index in [1.807, 2.05) is 11.2 Å². The Morgan fingerprint density at radius 3 is 2.71 bits per heavy atom. The molecule has 1 saturated heterocycles. The van der Waals surface area contributed by atoms with Crippen LogP contribution in [0.3, 0.4) is 0 Å². The summed E-state index contributed by atoms with van der Waals surface area (Å²) in [4.78, 5) is 13.1. The Balaban J connectivity index is 1.27. The van der Waals surface area contributed by atoms with E-state index in [1.54, 1.807) is 0 Å². The zero-order chi connectivity index (χ0) is 23.8. The van der Waals surface area contributed by atoms with Gasteiger partial charge in [-0.15, -0.1) is 0 Å². The molecule has 1 aromatic carbocycles. The molecule has 2 unspecified atom stereocenters. The number of aromatic nitrogens is 2. The van der Waals surface area contributed by atoms with Gasteiger partial charge in [0.2, 0.25) is 0 Å². The number of aromatic amines is 1. The predicted molar refractivity (Wildman–Crippen MR) is 141 cm³/mol. The van der Waals surface area contributed by atoms with Gasteiger partial charge in [0.05, 0.1) is 41.6 Å². The molecule has 0 bridgehead atoms. The highest BCUT2D eigenvalue weighted by molar-refractivity contribution is 6.67. The van der Waals surface area contributed by atoms with Crippen LogP contribution in [0.1, 0.15) is 69.2 Å². The number of ether oxygens (including phenoxy) is 1. The van der Waals surface area contributed by atoms with E-state index in [0.717, 1.165) is 65.6 Å². The van der Waals surface area contributed by atoms with E-state index in [2.05, 4.69) is 53.3 Å². The predicted octanol–water partition coefficient (Wildman–Crippen LogP) is 6.49. The zero-order valence-electron chi connectivity index (χ0n) is 20.2. The van der Waals surface area contributed by atoms with Gasteiger partial charge in [-0.25, -0.2) is 9.99 Å². The molecule has 0 amide bonds. The number of fused-ring (bicyclic) bond motifs is 1. The molecule has 2 aromatic rings. The van der Waals surface area contributed by atoms with Crippen molar-refractivity contribution in [3.8, 4) is 11.3 Å². The molecule has 1 saturated carbocycles. The van der Waals surface area contributed by atoms with Crippen LogP contribution >= 0.6 is 11.6 Å². The van der Waals surface area contributed by atoms with E-state index < -0.39 is 0 Å². The molecule has 0 spiro atoms. The van der Waals surface area contributed by atoms with Crippen molar-refractivity contribution < 1.29 is 4.74 Å². The number of hydrogen-bond donors (Lipinski definition) is 1. The summed E-state index contributed by atoms with van der Waals surface area (Å²) in [7, 11) is 0. The number of aliphatic imine (C=N–C) groups is 1. The van der Waals surface area contributed by atoms with Gasteiger partial charge >= 0.3 is 0 Å². The van der Waals surface area contributed by atoms with Gasteiger partial charge in [-0.2, -0.15) is 5.10 Å². The molecular formula is C28H32ClN5O. The smallest absolute Gasteiger partial charge is 0.133 e. The van der Waals surface area contributed by atoms with Crippen LogP contribution in [0.2, 0.25) is 0 Å². The molecular weight excluding hydrogens is 458 g/mol. The minimum Gasteiger partial charge on any atom is -0.376 e. The molecule has 2 fully saturated rings. The van der Waals surface area contributed by atoms with Crippen molar-refractivity contribution >= 4 is 28.2 Å². The van der Waals surface area contributed by atoms with E-state index >= 15 is 0 Å². The lowest BCUT2D eigenvalue weighted by atomic mass is 10.0. The van der Waals surface area contributed by atoms with Gasteiger partial charge in [-0.1, -0.05) is 54.9 Å². The number of H-pyrrole nitrogens is 1. The van der Waals surface area contributed by atoms with Crippen LogP contribution in [0.4, 0.5) is 0 Å². The molecule has 6 nitrogen and oxygen atoms in total. The summed E-state index contributed by atoms with van der Waals surface area (Å²) < 4.78 is 5.91. The van der Waals surface area contributed by atoms with Gasteiger partial charge in [0, 0.05) is 18.9 Å². The first-order chi connectivity index (χ1) is 17.1. The van der Waals surface area contributed by atoms with Crippen molar-refractivity contribution in [2.45, 2.75) is 63.9 Å². The largest absolute Gasteiger partial charge is 0.376 e. The Labute approximate surface area is 211 Å². The molecule has 4 heterocycles. The molecule has 182 valence electrons. The third kappa shape index (κ3) is 5.00. The Morgan fingerprint density at radius 1 is 1.11 bits per heavy atom. The molecule has 1 aliphatic carbocycles. The highest BCUT2D eigenvalue weighted by Crippen LogP contribution is 2.39. The van der Waals surface area contributed by atoms with E-state index in [0.29, 0.717) is 30.0 Å². The summed E-state index contributed by atoms with van der Waals surface area (Å²) in [5.74, 6) is 2.11. The zero-order valence-corrected chi connectivity index (χ0v) is 21.0. The summed E-state index contributed by atoms with van der Waals surface area (Å²) >= 11 is 6.56. The first kappa shape index (κ1) is 22.7. The van der Waals surface area contributed by atoms with Gasteiger partial charge < -0.3 is 9.72 Å². The number of hydrogen-bond acceptors (Lipinski definition) is 5. The van der Waals surface area contributed by atoms with Gasteiger partial charge in [0.15, 0.2) is 0 Å². The van der Waals surface area contributed by atoms with Crippen molar-refractivity contribution in [3.05, 3.63) is 59.7 Å². The van der Waals surface area contributed by atoms with Crippen molar-refractivity contribution in [3.63, 3.8) is 0 Å². The molecule has 0 radical (unpaired) electrons. The molecule has 7 heteroatoms. The fourth-order valence-electron chi connectivity index (χ4n) is 5.03. The van der Waals surface area contributed by atoms with E-state index in [4.69, 9.17) is 26.4 Å². The van der Waals surface area contributed by atoms with Crippen LogP contribution in [0.5, 0.6) is 0 Å². The highest BCUT2D eigenvalue weighted by Gasteiger charge is 2.29. The number of benzene rings is 1. The van der Waals surface area contributed by atoms with Crippen LogP contribution < -0.4 is 0 Å². The van der Waals surface area contributed by atoms with Gasteiger partial charge in [0.25, 0.3) is 0 Å². The molecule has 4 aliphatic rings. The van der Waals surface area contributed by atoms with E-state index in [1.165, 1.54) is 19.3 Å².